The van der Waals surface area contributed by atoms with Crippen molar-refractivity contribution in [3.05, 3.63) is 47.5 Å². The molecular weight excluding hydrogens is 328 g/mol. The van der Waals surface area contributed by atoms with Crippen LogP contribution in [0.2, 0.25) is 5.02 Å². The summed E-state index contributed by atoms with van der Waals surface area (Å²) in [6, 6.07) is 4.76. The van der Waals surface area contributed by atoms with E-state index in [-0.39, 0.29) is 23.8 Å². The number of anilines is 1. The highest BCUT2D eigenvalue weighted by atomic mass is 35.5. The van der Waals surface area contributed by atoms with Crippen molar-refractivity contribution in [1.29, 1.82) is 0 Å². The molecule has 0 spiro atoms. The van der Waals surface area contributed by atoms with Crippen LogP contribution in [0.4, 0.5) is 5.69 Å². The number of carbonyl (C=O) groups is 2. The van der Waals surface area contributed by atoms with Crippen molar-refractivity contribution in [3.8, 4) is 0 Å². The number of benzene rings is 1. The van der Waals surface area contributed by atoms with Crippen LogP contribution >= 0.6 is 11.6 Å². The molecule has 6 nitrogen and oxygen atoms in total. The highest BCUT2D eigenvalue weighted by molar-refractivity contribution is 6.34. The van der Waals surface area contributed by atoms with Crippen molar-refractivity contribution in [2.24, 2.45) is 5.92 Å². The average Bonchev–Trinajstić information content (AvgIpc) is 3.01. The zero-order valence-corrected chi connectivity index (χ0v) is 14.7. The smallest absolute Gasteiger partial charge is 0.253 e. The largest absolute Gasteiger partial charge is 0.348 e. The number of nitrogens with zero attached hydrogens (tertiary/aromatic N) is 2. The highest BCUT2D eigenvalue weighted by Crippen LogP contribution is 2.21. The molecule has 2 N–H and O–H groups in total. The van der Waals surface area contributed by atoms with E-state index in [9.17, 15) is 9.59 Å². The molecule has 1 aromatic carbocycles. The number of aromatic nitrogens is 2. The normalized spacial score (nSPS) is 12.0. The quantitative estimate of drug-likeness (QED) is 0.842. The Morgan fingerprint density at radius 2 is 2.04 bits per heavy atom. The Morgan fingerprint density at radius 3 is 2.67 bits per heavy atom. The molecule has 128 valence electrons. The Hall–Kier alpha value is -2.34. The van der Waals surface area contributed by atoms with Crippen molar-refractivity contribution in [2.75, 3.05) is 5.32 Å². The lowest BCUT2D eigenvalue weighted by molar-refractivity contribution is -0.118. The van der Waals surface area contributed by atoms with Crippen LogP contribution in [0, 0.1) is 5.92 Å². The molecule has 2 amide bonds. The first-order valence-corrected chi connectivity index (χ1v) is 8.11. The maximum Gasteiger partial charge on any atom is 0.253 e. The zero-order chi connectivity index (χ0) is 17.7. The molecule has 1 aromatic heterocycles. The van der Waals surface area contributed by atoms with E-state index in [2.05, 4.69) is 15.6 Å². The van der Waals surface area contributed by atoms with E-state index < -0.39 is 0 Å². The number of carbonyl (C=O) groups excluding carboxylic acids is 2. The van der Waals surface area contributed by atoms with E-state index in [4.69, 9.17) is 11.6 Å². The molecule has 0 bridgehead atoms. The van der Waals surface area contributed by atoms with Gasteiger partial charge in [-0.1, -0.05) is 25.4 Å². The Bertz CT molecular complexity index is 713. The minimum atomic E-state index is -0.284. The number of rotatable bonds is 6. The fraction of sp³-hybridized carbons (Fsp3) is 0.353. The molecule has 0 radical (unpaired) electrons. The number of imidazole rings is 1. The molecule has 0 unspecified atom stereocenters. The van der Waals surface area contributed by atoms with Crippen LogP contribution in [-0.4, -0.2) is 27.4 Å². The predicted octanol–water partition coefficient (Wildman–Crippen LogP) is 2.95. The Kier molecular flexibility index (Phi) is 5.98. The molecule has 1 heterocycles. The first kappa shape index (κ1) is 18.0. The predicted molar refractivity (Wildman–Crippen MR) is 94.1 cm³/mol. The highest BCUT2D eigenvalue weighted by Gasteiger charge is 2.15. The van der Waals surface area contributed by atoms with E-state index >= 15 is 0 Å². The van der Waals surface area contributed by atoms with E-state index in [1.165, 1.54) is 0 Å². The van der Waals surface area contributed by atoms with Crippen molar-refractivity contribution >= 4 is 29.1 Å². The summed E-state index contributed by atoms with van der Waals surface area (Å²) in [5.41, 5.74) is 0.876. The molecule has 1 atom stereocenters. The SMILES string of the molecule is CC(C)C(=O)Nc1ccc(Cl)c(C(=O)N[C@@H](C)Cn2ccnc2)c1. The summed E-state index contributed by atoms with van der Waals surface area (Å²) in [5.74, 6) is -0.543. The summed E-state index contributed by atoms with van der Waals surface area (Å²) in [6.45, 7) is 6.11. The zero-order valence-electron chi connectivity index (χ0n) is 13.9. The van der Waals surface area contributed by atoms with Gasteiger partial charge in [0.1, 0.15) is 0 Å². The van der Waals surface area contributed by atoms with E-state index in [1.54, 1.807) is 44.6 Å². The summed E-state index contributed by atoms with van der Waals surface area (Å²) in [5, 5.41) is 6.00. The van der Waals surface area contributed by atoms with Gasteiger partial charge in [-0.15, -0.1) is 0 Å². The number of hydrogen-bond acceptors (Lipinski definition) is 3. The third-order valence-electron chi connectivity index (χ3n) is 3.42. The van der Waals surface area contributed by atoms with Gasteiger partial charge in [0, 0.05) is 36.6 Å². The standard InChI is InChI=1S/C17H21ClN4O2/c1-11(2)16(23)21-13-4-5-15(18)14(8-13)17(24)20-12(3)9-22-7-6-19-10-22/h4-8,10-12H,9H2,1-3H3,(H,20,24)(H,21,23)/t12-/m0/s1. The average molecular weight is 349 g/mol. The van der Waals surface area contributed by atoms with Crippen LogP contribution in [0.25, 0.3) is 0 Å². The molecule has 7 heteroatoms. The first-order valence-electron chi connectivity index (χ1n) is 7.74. The number of hydrogen-bond donors (Lipinski definition) is 2. The molecule has 2 rings (SSSR count). The molecule has 0 fully saturated rings. The van der Waals surface area contributed by atoms with Gasteiger partial charge in [0.25, 0.3) is 5.91 Å². The number of nitrogens with one attached hydrogen (secondary N) is 2. The van der Waals surface area contributed by atoms with Crippen LogP contribution in [0.5, 0.6) is 0 Å². The van der Waals surface area contributed by atoms with Crippen molar-refractivity contribution in [2.45, 2.75) is 33.4 Å². The summed E-state index contributed by atoms with van der Waals surface area (Å²) >= 11 is 6.13. The molecule has 0 saturated carbocycles. The molecule has 2 aromatic rings. The molecule has 0 aliphatic carbocycles. The maximum atomic E-state index is 12.4. The first-order chi connectivity index (χ1) is 11.4. The third-order valence-corrected chi connectivity index (χ3v) is 3.75. The third kappa shape index (κ3) is 4.83. The van der Waals surface area contributed by atoms with Gasteiger partial charge in [0.15, 0.2) is 0 Å². The fourth-order valence-electron chi connectivity index (χ4n) is 2.12. The monoisotopic (exact) mass is 348 g/mol. The Balaban J connectivity index is 2.06. The molecule has 0 saturated heterocycles. The number of halogens is 1. The molecule has 0 aliphatic heterocycles. The second kappa shape index (κ2) is 7.97. The maximum absolute atomic E-state index is 12.4. The van der Waals surface area contributed by atoms with Crippen molar-refractivity contribution in [1.82, 2.24) is 14.9 Å². The summed E-state index contributed by atoms with van der Waals surface area (Å²) in [6.07, 6.45) is 5.21. The summed E-state index contributed by atoms with van der Waals surface area (Å²) in [4.78, 5) is 28.2. The van der Waals surface area contributed by atoms with Gasteiger partial charge < -0.3 is 15.2 Å². The van der Waals surface area contributed by atoms with Gasteiger partial charge in [-0.05, 0) is 25.1 Å². The Morgan fingerprint density at radius 1 is 1.29 bits per heavy atom. The minimum Gasteiger partial charge on any atom is -0.348 e. The molecule has 0 aliphatic rings. The van der Waals surface area contributed by atoms with Gasteiger partial charge in [-0.3, -0.25) is 9.59 Å². The minimum absolute atomic E-state index is 0.100. The lowest BCUT2D eigenvalue weighted by Crippen LogP contribution is -2.35. The van der Waals surface area contributed by atoms with Crippen LogP contribution in [0.3, 0.4) is 0 Å². The van der Waals surface area contributed by atoms with Crippen LogP contribution in [0.1, 0.15) is 31.1 Å². The van der Waals surface area contributed by atoms with Crippen molar-refractivity contribution < 1.29 is 9.59 Å². The Labute approximate surface area is 146 Å². The van der Waals surface area contributed by atoms with E-state index in [1.807, 2.05) is 17.7 Å². The van der Waals surface area contributed by atoms with Gasteiger partial charge >= 0.3 is 0 Å². The van der Waals surface area contributed by atoms with Crippen LogP contribution in [-0.2, 0) is 11.3 Å². The van der Waals surface area contributed by atoms with Gasteiger partial charge in [-0.25, -0.2) is 4.98 Å². The second-order valence-electron chi connectivity index (χ2n) is 5.97. The summed E-state index contributed by atoms with van der Waals surface area (Å²) in [7, 11) is 0. The summed E-state index contributed by atoms with van der Waals surface area (Å²) < 4.78 is 1.88. The molecular formula is C17H21ClN4O2. The van der Waals surface area contributed by atoms with Crippen molar-refractivity contribution in [3.63, 3.8) is 0 Å². The fourth-order valence-corrected chi connectivity index (χ4v) is 2.33. The lowest BCUT2D eigenvalue weighted by atomic mass is 10.1. The molecule has 24 heavy (non-hydrogen) atoms. The lowest BCUT2D eigenvalue weighted by Gasteiger charge is -2.16. The second-order valence-corrected chi connectivity index (χ2v) is 6.38. The number of amides is 2. The van der Waals surface area contributed by atoms with E-state index in [0.29, 0.717) is 22.8 Å². The van der Waals surface area contributed by atoms with Gasteiger partial charge in [0.2, 0.25) is 5.91 Å². The van der Waals surface area contributed by atoms with Crippen LogP contribution < -0.4 is 10.6 Å². The van der Waals surface area contributed by atoms with Gasteiger partial charge in [0.05, 0.1) is 16.9 Å². The van der Waals surface area contributed by atoms with Crippen LogP contribution in [0.15, 0.2) is 36.9 Å². The van der Waals surface area contributed by atoms with Gasteiger partial charge in [-0.2, -0.15) is 0 Å². The van der Waals surface area contributed by atoms with E-state index in [0.717, 1.165) is 0 Å². The topological polar surface area (TPSA) is 76.0 Å².